The lowest BCUT2D eigenvalue weighted by Crippen LogP contribution is -2.40. The van der Waals surface area contributed by atoms with Crippen molar-refractivity contribution < 1.29 is 17.6 Å². The largest absolute Gasteiger partial charge is 0.438 e. The molecular formula is C17H22N2O4S. The molecule has 0 aliphatic heterocycles. The smallest absolute Gasteiger partial charge is 0.287 e. The molecule has 1 amide bonds. The first-order valence-electron chi connectivity index (χ1n) is 7.54. The Morgan fingerprint density at radius 2 is 1.88 bits per heavy atom. The van der Waals surface area contributed by atoms with E-state index in [1.54, 1.807) is 20.8 Å². The molecule has 0 atom stereocenters. The van der Waals surface area contributed by atoms with Gasteiger partial charge in [-0.05, 0) is 45.4 Å². The predicted molar refractivity (Wildman–Crippen MR) is 91.1 cm³/mol. The SMILES string of the molecule is Cc1cccc(CNC(=O)c2ccc(S(=O)(=O)NC(C)(C)C)o2)c1. The molecule has 130 valence electrons. The third-order valence-electron chi connectivity index (χ3n) is 3.05. The van der Waals surface area contributed by atoms with Crippen LogP contribution in [-0.4, -0.2) is 19.9 Å². The van der Waals surface area contributed by atoms with Crippen LogP contribution >= 0.6 is 0 Å². The first-order valence-corrected chi connectivity index (χ1v) is 9.03. The Morgan fingerprint density at radius 1 is 1.17 bits per heavy atom. The Morgan fingerprint density at radius 3 is 2.50 bits per heavy atom. The van der Waals surface area contributed by atoms with E-state index in [-0.39, 0.29) is 10.9 Å². The van der Waals surface area contributed by atoms with E-state index < -0.39 is 21.5 Å². The first-order chi connectivity index (χ1) is 11.1. The number of aryl methyl sites for hydroxylation is 1. The number of sulfonamides is 1. The molecule has 1 aromatic heterocycles. The minimum Gasteiger partial charge on any atom is -0.438 e. The highest BCUT2D eigenvalue weighted by atomic mass is 32.2. The molecule has 0 spiro atoms. The van der Waals surface area contributed by atoms with E-state index >= 15 is 0 Å². The fourth-order valence-electron chi connectivity index (χ4n) is 2.13. The molecule has 0 unspecified atom stereocenters. The van der Waals surface area contributed by atoms with Gasteiger partial charge in [-0.25, -0.2) is 13.1 Å². The van der Waals surface area contributed by atoms with E-state index in [1.165, 1.54) is 12.1 Å². The topological polar surface area (TPSA) is 88.4 Å². The Labute approximate surface area is 142 Å². The molecule has 2 N–H and O–H groups in total. The van der Waals surface area contributed by atoms with Gasteiger partial charge in [0.25, 0.3) is 15.9 Å². The van der Waals surface area contributed by atoms with E-state index in [4.69, 9.17) is 4.42 Å². The number of hydrogen-bond acceptors (Lipinski definition) is 4. The Bertz CT molecular complexity index is 832. The van der Waals surface area contributed by atoms with Crippen LogP contribution in [0.15, 0.2) is 45.9 Å². The van der Waals surface area contributed by atoms with Crippen LogP contribution in [0.5, 0.6) is 0 Å². The van der Waals surface area contributed by atoms with Gasteiger partial charge in [-0.1, -0.05) is 29.8 Å². The molecular weight excluding hydrogens is 328 g/mol. The highest BCUT2D eigenvalue weighted by Crippen LogP contribution is 2.16. The molecule has 0 fully saturated rings. The van der Waals surface area contributed by atoms with Gasteiger partial charge in [0, 0.05) is 12.1 Å². The summed E-state index contributed by atoms with van der Waals surface area (Å²) in [7, 11) is -3.80. The van der Waals surface area contributed by atoms with E-state index in [9.17, 15) is 13.2 Å². The lowest BCUT2D eigenvalue weighted by Gasteiger charge is -2.18. The van der Waals surface area contributed by atoms with Crippen molar-refractivity contribution in [2.45, 2.75) is 44.9 Å². The summed E-state index contributed by atoms with van der Waals surface area (Å²) in [6, 6.07) is 10.4. The molecule has 24 heavy (non-hydrogen) atoms. The van der Waals surface area contributed by atoms with Crippen LogP contribution in [0.1, 0.15) is 42.5 Å². The van der Waals surface area contributed by atoms with Crippen LogP contribution in [-0.2, 0) is 16.6 Å². The molecule has 2 rings (SSSR count). The van der Waals surface area contributed by atoms with Crippen LogP contribution in [0.2, 0.25) is 0 Å². The van der Waals surface area contributed by atoms with Crippen LogP contribution in [0.3, 0.4) is 0 Å². The fourth-order valence-corrected chi connectivity index (χ4v) is 3.49. The maximum absolute atomic E-state index is 12.2. The minimum atomic E-state index is -3.80. The van der Waals surface area contributed by atoms with Gasteiger partial charge in [0.05, 0.1) is 0 Å². The Hall–Kier alpha value is -2.12. The zero-order valence-electron chi connectivity index (χ0n) is 14.2. The number of rotatable bonds is 5. The van der Waals surface area contributed by atoms with Gasteiger partial charge >= 0.3 is 0 Å². The third-order valence-corrected chi connectivity index (χ3v) is 4.68. The minimum absolute atomic E-state index is 0.0445. The summed E-state index contributed by atoms with van der Waals surface area (Å²) in [5.74, 6) is -0.509. The molecule has 0 saturated carbocycles. The fraction of sp³-hybridized carbons (Fsp3) is 0.353. The van der Waals surface area contributed by atoms with E-state index in [0.29, 0.717) is 6.54 Å². The zero-order chi connectivity index (χ0) is 18.0. The van der Waals surface area contributed by atoms with Crippen molar-refractivity contribution in [3.8, 4) is 0 Å². The van der Waals surface area contributed by atoms with Gasteiger partial charge < -0.3 is 9.73 Å². The number of amides is 1. The molecule has 1 aromatic carbocycles. The van der Waals surface area contributed by atoms with Gasteiger partial charge in [-0.2, -0.15) is 0 Å². The molecule has 0 bridgehead atoms. The van der Waals surface area contributed by atoms with Crippen molar-refractivity contribution in [3.63, 3.8) is 0 Å². The lowest BCUT2D eigenvalue weighted by atomic mass is 10.1. The zero-order valence-corrected chi connectivity index (χ0v) is 15.0. The summed E-state index contributed by atoms with van der Waals surface area (Å²) in [6.45, 7) is 7.48. The molecule has 0 radical (unpaired) electrons. The molecule has 0 saturated heterocycles. The van der Waals surface area contributed by atoms with Crippen LogP contribution in [0, 0.1) is 6.92 Å². The summed E-state index contributed by atoms with van der Waals surface area (Å²) in [5.41, 5.74) is 1.41. The second kappa shape index (κ2) is 6.78. The van der Waals surface area contributed by atoms with E-state index in [0.717, 1.165) is 11.1 Å². The maximum Gasteiger partial charge on any atom is 0.287 e. The van der Waals surface area contributed by atoms with Gasteiger partial charge in [0.1, 0.15) is 0 Å². The van der Waals surface area contributed by atoms with Crippen molar-refractivity contribution >= 4 is 15.9 Å². The second-order valence-electron chi connectivity index (χ2n) is 6.65. The van der Waals surface area contributed by atoms with Crippen LogP contribution in [0.25, 0.3) is 0 Å². The number of benzene rings is 1. The van der Waals surface area contributed by atoms with Gasteiger partial charge in [0.15, 0.2) is 5.76 Å². The van der Waals surface area contributed by atoms with Gasteiger partial charge in [-0.3, -0.25) is 4.79 Å². The highest BCUT2D eigenvalue weighted by Gasteiger charge is 2.26. The van der Waals surface area contributed by atoms with Crippen molar-refractivity contribution in [1.82, 2.24) is 10.0 Å². The molecule has 6 nitrogen and oxygen atoms in total. The number of furan rings is 1. The summed E-state index contributed by atoms with van der Waals surface area (Å²) in [4.78, 5) is 12.1. The Kier molecular flexibility index (Phi) is 5.15. The highest BCUT2D eigenvalue weighted by molar-refractivity contribution is 7.89. The average molecular weight is 350 g/mol. The summed E-state index contributed by atoms with van der Waals surface area (Å²) in [6.07, 6.45) is 0. The molecule has 0 aliphatic rings. The van der Waals surface area contributed by atoms with Crippen molar-refractivity contribution in [2.24, 2.45) is 0 Å². The summed E-state index contributed by atoms with van der Waals surface area (Å²) < 4.78 is 32.0. The third kappa shape index (κ3) is 4.94. The van der Waals surface area contributed by atoms with Crippen LogP contribution < -0.4 is 10.0 Å². The quantitative estimate of drug-likeness (QED) is 0.867. The van der Waals surface area contributed by atoms with Crippen molar-refractivity contribution in [1.29, 1.82) is 0 Å². The van der Waals surface area contributed by atoms with Crippen molar-refractivity contribution in [3.05, 3.63) is 53.3 Å². The van der Waals surface area contributed by atoms with E-state index in [2.05, 4.69) is 10.0 Å². The molecule has 2 aromatic rings. The number of carbonyl (C=O) groups excluding carboxylic acids is 1. The molecule has 1 heterocycles. The van der Waals surface area contributed by atoms with Crippen molar-refractivity contribution in [2.75, 3.05) is 0 Å². The average Bonchev–Trinajstić information content (AvgIpc) is 2.93. The van der Waals surface area contributed by atoms with E-state index in [1.807, 2.05) is 31.2 Å². The Balaban J connectivity index is 2.06. The maximum atomic E-state index is 12.2. The molecule has 7 heteroatoms. The van der Waals surface area contributed by atoms with Gasteiger partial charge in [0.2, 0.25) is 5.09 Å². The predicted octanol–water partition coefficient (Wildman–Crippen LogP) is 2.59. The monoisotopic (exact) mass is 350 g/mol. The lowest BCUT2D eigenvalue weighted by molar-refractivity contribution is 0.0918. The standard InChI is InChI=1S/C17H22N2O4S/c1-12-6-5-7-13(10-12)11-18-16(20)14-8-9-15(23-14)24(21,22)19-17(2,3)4/h5-10,19H,11H2,1-4H3,(H,18,20). The first kappa shape index (κ1) is 18.2. The van der Waals surface area contributed by atoms with Gasteiger partial charge in [-0.15, -0.1) is 0 Å². The summed E-state index contributed by atoms with van der Waals surface area (Å²) in [5, 5.41) is 2.43. The second-order valence-corrected chi connectivity index (χ2v) is 8.26. The number of hydrogen-bond donors (Lipinski definition) is 2. The number of nitrogens with one attached hydrogen (secondary N) is 2. The summed E-state index contributed by atoms with van der Waals surface area (Å²) >= 11 is 0. The normalized spacial score (nSPS) is 12.2. The van der Waals surface area contributed by atoms with Crippen LogP contribution in [0.4, 0.5) is 0 Å². The molecule has 0 aliphatic carbocycles. The number of carbonyl (C=O) groups is 1.